The topological polar surface area (TPSA) is 84.8 Å². The highest BCUT2D eigenvalue weighted by atomic mass is 16.5. The third-order valence-electron chi connectivity index (χ3n) is 5.23. The minimum atomic E-state index is -0.378. The summed E-state index contributed by atoms with van der Waals surface area (Å²) in [6.07, 6.45) is 4.11. The van der Waals surface area contributed by atoms with Gasteiger partial charge in [0.15, 0.2) is 11.5 Å². The molecule has 1 atom stereocenters. The summed E-state index contributed by atoms with van der Waals surface area (Å²) in [7, 11) is 0. The molecule has 28 heavy (non-hydrogen) atoms. The lowest BCUT2D eigenvalue weighted by Gasteiger charge is -2.28. The van der Waals surface area contributed by atoms with Crippen LogP contribution in [0, 0.1) is 13.8 Å². The minimum Gasteiger partial charge on any atom is -0.504 e. The van der Waals surface area contributed by atoms with Crippen LogP contribution in [0.5, 0.6) is 11.5 Å². The predicted molar refractivity (Wildman–Crippen MR) is 103 cm³/mol. The molecule has 1 fully saturated rings. The number of carbonyl (C=O) groups is 1. The van der Waals surface area contributed by atoms with Crippen LogP contribution in [0.2, 0.25) is 0 Å². The summed E-state index contributed by atoms with van der Waals surface area (Å²) < 4.78 is 11.4. The lowest BCUT2D eigenvalue weighted by molar-refractivity contribution is -0.147. The molecule has 4 rings (SSSR count). The number of carbonyl (C=O) groups excluding carboxylic acids is 1. The van der Waals surface area contributed by atoms with Gasteiger partial charge in [0.2, 0.25) is 0 Å². The highest BCUT2D eigenvalue weighted by Crippen LogP contribution is 2.38. The molecular formula is C21H25N3O4. The summed E-state index contributed by atoms with van der Waals surface area (Å²) >= 11 is 0. The molecule has 0 radical (unpaired) electrons. The number of nitrogens with zero attached hydrogens (tertiary/aromatic N) is 3. The van der Waals surface area contributed by atoms with Crippen LogP contribution in [0.1, 0.15) is 36.2 Å². The number of fused-ring (bicyclic) bond motifs is 1. The number of rotatable bonds is 2. The molecule has 148 valence electrons. The Balaban J connectivity index is 1.66. The van der Waals surface area contributed by atoms with Crippen molar-refractivity contribution < 1.29 is 19.4 Å². The molecule has 0 spiro atoms. The lowest BCUT2D eigenvalue weighted by atomic mass is 10.0. The molecule has 2 aliphatic heterocycles. The van der Waals surface area contributed by atoms with Crippen molar-refractivity contribution in [1.29, 1.82) is 0 Å². The minimum absolute atomic E-state index is 0.00688. The second-order valence-corrected chi connectivity index (χ2v) is 7.39. The molecule has 1 aromatic heterocycles. The van der Waals surface area contributed by atoms with Gasteiger partial charge in [0.05, 0.1) is 23.6 Å². The van der Waals surface area contributed by atoms with Crippen LogP contribution in [-0.4, -0.2) is 51.7 Å². The summed E-state index contributed by atoms with van der Waals surface area (Å²) in [5.74, 6) is 0.480. The van der Waals surface area contributed by atoms with Crippen LogP contribution < -0.4 is 4.74 Å². The van der Waals surface area contributed by atoms with Crippen LogP contribution >= 0.6 is 0 Å². The molecule has 2 aliphatic rings. The normalized spacial score (nSPS) is 19.5. The molecule has 0 aliphatic carbocycles. The van der Waals surface area contributed by atoms with Crippen molar-refractivity contribution in [2.45, 2.75) is 45.8 Å². The summed E-state index contributed by atoms with van der Waals surface area (Å²) in [6, 6.07) is 3.58. The van der Waals surface area contributed by atoms with Gasteiger partial charge in [-0.2, -0.15) is 0 Å². The fraction of sp³-hybridized carbons (Fsp3) is 0.476. The average Bonchev–Trinajstić information content (AvgIpc) is 2.93. The molecule has 1 saturated heterocycles. The standard InChI is InChI=1S/C21H25N3O4/c1-13-11-22-14(2)19(23-13)15-9-16-12-24(6-8-28-20(16)17(25)10-15)21(26)18-5-3-4-7-27-18/h9-11,18,25H,3-8,12H2,1-2H3. The van der Waals surface area contributed by atoms with E-state index in [-0.39, 0.29) is 17.8 Å². The second kappa shape index (κ2) is 7.75. The van der Waals surface area contributed by atoms with Crippen molar-refractivity contribution in [3.8, 4) is 22.8 Å². The van der Waals surface area contributed by atoms with E-state index in [1.54, 1.807) is 17.2 Å². The number of phenolic OH excluding ortho intramolecular Hbond substituents is 1. The first-order valence-corrected chi connectivity index (χ1v) is 9.72. The van der Waals surface area contributed by atoms with E-state index in [2.05, 4.69) is 9.97 Å². The van der Waals surface area contributed by atoms with E-state index in [9.17, 15) is 9.90 Å². The molecule has 1 unspecified atom stereocenters. The van der Waals surface area contributed by atoms with E-state index in [4.69, 9.17) is 9.47 Å². The quantitative estimate of drug-likeness (QED) is 0.858. The first-order chi connectivity index (χ1) is 13.5. The van der Waals surface area contributed by atoms with Crippen LogP contribution in [0.15, 0.2) is 18.3 Å². The van der Waals surface area contributed by atoms with Gasteiger partial charge in [-0.3, -0.25) is 9.78 Å². The highest BCUT2D eigenvalue weighted by Gasteiger charge is 2.30. The second-order valence-electron chi connectivity index (χ2n) is 7.39. The van der Waals surface area contributed by atoms with Gasteiger partial charge in [0.25, 0.3) is 5.91 Å². The van der Waals surface area contributed by atoms with Crippen LogP contribution in [0.4, 0.5) is 0 Å². The number of aryl methyl sites for hydroxylation is 2. The number of amides is 1. The predicted octanol–water partition coefficient (Wildman–Crippen LogP) is 2.76. The Morgan fingerprint density at radius 2 is 2.11 bits per heavy atom. The number of hydrogen-bond donors (Lipinski definition) is 1. The van der Waals surface area contributed by atoms with Gasteiger partial charge < -0.3 is 19.5 Å². The van der Waals surface area contributed by atoms with Crippen LogP contribution in [0.25, 0.3) is 11.3 Å². The van der Waals surface area contributed by atoms with Gasteiger partial charge >= 0.3 is 0 Å². The Morgan fingerprint density at radius 1 is 1.25 bits per heavy atom. The number of benzene rings is 1. The maximum Gasteiger partial charge on any atom is 0.252 e. The van der Waals surface area contributed by atoms with Gasteiger partial charge in [0, 0.05) is 30.5 Å². The average molecular weight is 383 g/mol. The monoisotopic (exact) mass is 383 g/mol. The number of aromatic nitrogens is 2. The van der Waals surface area contributed by atoms with Crippen molar-refractivity contribution in [3.63, 3.8) is 0 Å². The Bertz CT molecular complexity index is 893. The third kappa shape index (κ3) is 3.67. The molecule has 0 bridgehead atoms. The van der Waals surface area contributed by atoms with E-state index in [1.165, 1.54) is 0 Å². The molecule has 1 N–H and O–H groups in total. The number of hydrogen-bond acceptors (Lipinski definition) is 6. The maximum absolute atomic E-state index is 12.9. The van der Waals surface area contributed by atoms with Gasteiger partial charge in [-0.1, -0.05) is 0 Å². The van der Waals surface area contributed by atoms with E-state index in [1.807, 2.05) is 19.9 Å². The Labute approximate surface area is 164 Å². The van der Waals surface area contributed by atoms with Crippen molar-refractivity contribution in [3.05, 3.63) is 35.3 Å². The van der Waals surface area contributed by atoms with Crippen molar-refractivity contribution in [1.82, 2.24) is 14.9 Å². The zero-order valence-electron chi connectivity index (χ0n) is 16.3. The van der Waals surface area contributed by atoms with Crippen molar-refractivity contribution in [2.75, 3.05) is 19.8 Å². The molecule has 2 aromatic rings. The zero-order chi connectivity index (χ0) is 19.7. The smallest absolute Gasteiger partial charge is 0.252 e. The lowest BCUT2D eigenvalue weighted by Crippen LogP contribution is -2.42. The molecule has 3 heterocycles. The van der Waals surface area contributed by atoms with Gasteiger partial charge in [0.1, 0.15) is 12.7 Å². The molecule has 1 amide bonds. The molecule has 7 nitrogen and oxygen atoms in total. The SMILES string of the molecule is Cc1cnc(C)c(-c2cc(O)c3c(c2)CN(C(=O)C2CCCCO2)CCO3)n1. The Hall–Kier alpha value is -2.67. The highest BCUT2D eigenvalue weighted by molar-refractivity contribution is 5.81. The largest absolute Gasteiger partial charge is 0.504 e. The summed E-state index contributed by atoms with van der Waals surface area (Å²) in [5.41, 5.74) is 3.83. The molecular weight excluding hydrogens is 358 g/mol. The maximum atomic E-state index is 12.9. The van der Waals surface area contributed by atoms with Crippen LogP contribution in [-0.2, 0) is 16.1 Å². The van der Waals surface area contributed by atoms with Crippen molar-refractivity contribution in [2.24, 2.45) is 0 Å². The fourth-order valence-corrected chi connectivity index (χ4v) is 3.77. The van der Waals surface area contributed by atoms with Crippen molar-refractivity contribution >= 4 is 5.91 Å². The van der Waals surface area contributed by atoms with Crippen LogP contribution in [0.3, 0.4) is 0 Å². The number of aromatic hydroxyl groups is 1. The molecule has 7 heteroatoms. The van der Waals surface area contributed by atoms with Gasteiger partial charge in [-0.05, 0) is 45.2 Å². The Morgan fingerprint density at radius 3 is 2.89 bits per heavy atom. The number of phenols is 1. The van der Waals surface area contributed by atoms with E-state index in [0.29, 0.717) is 32.1 Å². The van der Waals surface area contributed by atoms with Gasteiger partial charge in [-0.15, -0.1) is 0 Å². The number of ether oxygens (including phenoxy) is 2. The third-order valence-corrected chi connectivity index (χ3v) is 5.23. The van der Waals surface area contributed by atoms with Gasteiger partial charge in [-0.25, -0.2) is 4.98 Å². The summed E-state index contributed by atoms with van der Waals surface area (Å²) in [6.45, 7) is 5.57. The summed E-state index contributed by atoms with van der Waals surface area (Å²) in [4.78, 5) is 23.6. The zero-order valence-corrected chi connectivity index (χ0v) is 16.3. The Kier molecular flexibility index (Phi) is 5.17. The fourth-order valence-electron chi connectivity index (χ4n) is 3.77. The van der Waals surface area contributed by atoms with E-state index >= 15 is 0 Å². The van der Waals surface area contributed by atoms with E-state index in [0.717, 1.165) is 47.5 Å². The van der Waals surface area contributed by atoms with E-state index < -0.39 is 0 Å². The first-order valence-electron chi connectivity index (χ1n) is 9.72. The molecule has 1 aromatic carbocycles. The molecule has 0 saturated carbocycles. The first kappa shape index (κ1) is 18.7. The summed E-state index contributed by atoms with van der Waals surface area (Å²) in [5, 5.41) is 10.6.